The summed E-state index contributed by atoms with van der Waals surface area (Å²) in [5, 5.41) is 3.47. The molecule has 1 atom stereocenters. The van der Waals surface area contributed by atoms with E-state index in [1.54, 1.807) is 11.3 Å². The number of ether oxygens (including phenoxy) is 2. The SMILES string of the molecule is COC(=O)c1coc(COc2cccc(C(C)Nc3cc(-c4ccc5ncsc5c4)nc(C)n3)c2)n1. The number of nitrogens with zero attached hydrogens (tertiary/aromatic N) is 4. The summed E-state index contributed by atoms with van der Waals surface area (Å²) < 4.78 is 16.9. The lowest BCUT2D eigenvalue weighted by Gasteiger charge is -2.17. The number of hydrogen-bond donors (Lipinski definition) is 1. The van der Waals surface area contributed by atoms with Crippen LogP contribution in [0.2, 0.25) is 0 Å². The molecule has 0 bridgehead atoms. The van der Waals surface area contributed by atoms with Gasteiger partial charge in [-0.2, -0.15) is 0 Å². The van der Waals surface area contributed by atoms with Crippen LogP contribution in [0, 0.1) is 6.92 Å². The molecule has 10 heteroatoms. The van der Waals surface area contributed by atoms with Crippen molar-refractivity contribution >= 4 is 33.3 Å². The number of nitrogens with one attached hydrogen (secondary N) is 1. The Labute approximate surface area is 211 Å². The average Bonchev–Trinajstić information content (AvgIpc) is 3.56. The van der Waals surface area contributed by atoms with Crippen LogP contribution in [0.15, 0.2) is 64.7 Å². The van der Waals surface area contributed by atoms with Gasteiger partial charge in [-0.25, -0.2) is 24.7 Å². The Hall–Kier alpha value is -4.31. The molecule has 1 unspecified atom stereocenters. The second-order valence-electron chi connectivity index (χ2n) is 8.07. The van der Waals surface area contributed by atoms with Crippen LogP contribution >= 0.6 is 11.3 Å². The highest BCUT2D eigenvalue weighted by Gasteiger charge is 2.14. The monoisotopic (exact) mass is 501 g/mol. The van der Waals surface area contributed by atoms with Gasteiger partial charge in [0.05, 0.1) is 34.6 Å². The summed E-state index contributed by atoms with van der Waals surface area (Å²) in [6, 6.07) is 15.8. The maximum atomic E-state index is 11.5. The quantitative estimate of drug-likeness (QED) is 0.272. The van der Waals surface area contributed by atoms with E-state index in [2.05, 4.69) is 43.0 Å². The van der Waals surface area contributed by atoms with Crippen molar-refractivity contribution in [3.05, 3.63) is 83.3 Å². The number of rotatable bonds is 8. The molecule has 0 saturated carbocycles. The molecule has 0 saturated heterocycles. The molecule has 9 nitrogen and oxygen atoms in total. The second-order valence-corrected chi connectivity index (χ2v) is 8.95. The van der Waals surface area contributed by atoms with Gasteiger partial charge < -0.3 is 19.2 Å². The predicted molar refractivity (Wildman–Crippen MR) is 136 cm³/mol. The zero-order valence-corrected chi connectivity index (χ0v) is 20.7. The molecule has 0 aliphatic carbocycles. The largest absolute Gasteiger partial charge is 0.484 e. The van der Waals surface area contributed by atoms with Crippen LogP contribution in [0.25, 0.3) is 21.5 Å². The highest BCUT2D eigenvalue weighted by molar-refractivity contribution is 7.16. The minimum atomic E-state index is -0.556. The van der Waals surface area contributed by atoms with E-state index in [4.69, 9.17) is 9.15 Å². The zero-order valence-electron chi connectivity index (χ0n) is 19.9. The number of thiazole rings is 1. The fourth-order valence-electron chi connectivity index (χ4n) is 3.70. The van der Waals surface area contributed by atoms with Gasteiger partial charge >= 0.3 is 5.97 Å². The highest BCUT2D eigenvalue weighted by Crippen LogP contribution is 2.28. The predicted octanol–water partition coefficient (Wildman–Crippen LogP) is 5.59. The first kappa shape index (κ1) is 23.4. The summed E-state index contributed by atoms with van der Waals surface area (Å²) in [5.41, 5.74) is 5.81. The summed E-state index contributed by atoms with van der Waals surface area (Å²) in [6.07, 6.45) is 1.25. The molecular weight excluding hydrogens is 478 g/mol. The van der Waals surface area contributed by atoms with E-state index in [-0.39, 0.29) is 24.2 Å². The van der Waals surface area contributed by atoms with Crippen LogP contribution in [0.5, 0.6) is 5.75 Å². The Bertz CT molecular complexity index is 1530. The number of aryl methyl sites for hydroxylation is 1. The molecule has 0 fully saturated rings. The normalized spacial score (nSPS) is 11.9. The lowest BCUT2D eigenvalue weighted by molar-refractivity contribution is 0.0594. The molecule has 0 spiro atoms. The van der Waals surface area contributed by atoms with E-state index in [0.29, 0.717) is 11.6 Å². The van der Waals surface area contributed by atoms with Crippen LogP contribution in [-0.4, -0.2) is 33.0 Å². The maximum Gasteiger partial charge on any atom is 0.360 e. The van der Waals surface area contributed by atoms with Crippen molar-refractivity contribution in [3.63, 3.8) is 0 Å². The first-order valence-corrected chi connectivity index (χ1v) is 12.1. The molecule has 0 aliphatic heterocycles. The first-order valence-electron chi connectivity index (χ1n) is 11.2. The molecule has 182 valence electrons. The number of carbonyl (C=O) groups excluding carboxylic acids is 1. The van der Waals surface area contributed by atoms with Gasteiger partial charge in [-0.1, -0.05) is 18.2 Å². The minimum absolute atomic E-state index is 0.0488. The van der Waals surface area contributed by atoms with Gasteiger partial charge in [-0.3, -0.25) is 0 Å². The average molecular weight is 502 g/mol. The number of hydrogen-bond acceptors (Lipinski definition) is 10. The lowest BCUT2D eigenvalue weighted by Crippen LogP contribution is -2.09. The molecule has 0 radical (unpaired) electrons. The van der Waals surface area contributed by atoms with Crippen molar-refractivity contribution in [2.45, 2.75) is 26.5 Å². The first-order chi connectivity index (χ1) is 17.5. The highest BCUT2D eigenvalue weighted by atomic mass is 32.1. The number of fused-ring (bicyclic) bond motifs is 1. The maximum absolute atomic E-state index is 11.5. The summed E-state index contributed by atoms with van der Waals surface area (Å²) in [6.45, 7) is 4.02. The van der Waals surface area contributed by atoms with Crippen molar-refractivity contribution < 1.29 is 18.7 Å². The Kier molecular flexibility index (Phi) is 6.59. The number of anilines is 1. The molecule has 5 aromatic rings. The Morgan fingerprint density at radius 1 is 1.14 bits per heavy atom. The molecule has 1 N–H and O–H groups in total. The number of carbonyl (C=O) groups is 1. The van der Waals surface area contributed by atoms with Crippen LogP contribution in [0.4, 0.5) is 5.82 Å². The second kappa shape index (κ2) is 10.1. The lowest BCUT2D eigenvalue weighted by atomic mass is 10.1. The van der Waals surface area contributed by atoms with E-state index in [1.165, 1.54) is 13.4 Å². The summed E-state index contributed by atoms with van der Waals surface area (Å²) in [5.74, 6) is 1.79. The molecule has 36 heavy (non-hydrogen) atoms. The fourth-order valence-corrected chi connectivity index (χ4v) is 4.42. The van der Waals surface area contributed by atoms with Gasteiger partial charge in [-0.15, -0.1) is 11.3 Å². The Morgan fingerprint density at radius 2 is 2.03 bits per heavy atom. The van der Waals surface area contributed by atoms with Crippen LogP contribution in [0.1, 0.15) is 40.7 Å². The topological polar surface area (TPSA) is 112 Å². The van der Waals surface area contributed by atoms with Gasteiger partial charge in [0.15, 0.2) is 12.3 Å². The fraction of sp³-hybridized carbons (Fsp3) is 0.192. The van der Waals surface area contributed by atoms with Crippen molar-refractivity contribution in [2.24, 2.45) is 0 Å². The number of benzene rings is 2. The summed E-state index contributed by atoms with van der Waals surface area (Å²) in [4.78, 5) is 29.2. The molecule has 5 rings (SSSR count). The van der Waals surface area contributed by atoms with E-state index in [1.807, 2.05) is 54.9 Å². The number of methoxy groups -OCH3 is 1. The molecule has 3 aromatic heterocycles. The molecular formula is C26H23N5O4S. The number of oxazole rings is 1. The molecule has 3 heterocycles. The van der Waals surface area contributed by atoms with Crippen LogP contribution in [-0.2, 0) is 11.3 Å². The summed E-state index contributed by atoms with van der Waals surface area (Å²) >= 11 is 1.61. The smallest absolute Gasteiger partial charge is 0.360 e. The van der Waals surface area contributed by atoms with E-state index in [0.717, 1.165) is 32.9 Å². The van der Waals surface area contributed by atoms with Crippen LogP contribution in [0.3, 0.4) is 0 Å². The van der Waals surface area contributed by atoms with E-state index >= 15 is 0 Å². The van der Waals surface area contributed by atoms with Gasteiger partial charge in [-0.05, 0) is 43.7 Å². The van der Waals surface area contributed by atoms with Crippen molar-refractivity contribution in [3.8, 4) is 17.0 Å². The van der Waals surface area contributed by atoms with Gasteiger partial charge in [0, 0.05) is 11.6 Å². The zero-order chi connectivity index (χ0) is 25.1. The van der Waals surface area contributed by atoms with Crippen molar-refractivity contribution in [1.82, 2.24) is 19.9 Å². The Morgan fingerprint density at radius 3 is 2.89 bits per heavy atom. The summed E-state index contributed by atoms with van der Waals surface area (Å²) in [7, 11) is 1.29. The molecule has 2 aromatic carbocycles. The third kappa shape index (κ3) is 5.18. The molecule has 0 aliphatic rings. The molecule has 0 amide bonds. The van der Waals surface area contributed by atoms with Crippen LogP contribution < -0.4 is 10.1 Å². The third-order valence-corrected chi connectivity index (χ3v) is 6.29. The number of aromatic nitrogens is 4. The van der Waals surface area contributed by atoms with Gasteiger partial charge in [0.1, 0.15) is 23.7 Å². The van der Waals surface area contributed by atoms with Crippen molar-refractivity contribution in [2.75, 3.05) is 12.4 Å². The Balaban J connectivity index is 1.28. The van der Waals surface area contributed by atoms with Crippen molar-refractivity contribution in [1.29, 1.82) is 0 Å². The van der Waals surface area contributed by atoms with E-state index in [9.17, 15) is 4.79 Å². The van der Waals surface area contributed by atoms with Gasteiger partial charge in [0.2, 0.25) is 5.89 Å². The third-order valence-electron chi connectivity index (χ3n) is 5.50. The standard InChI is InChI=1S/C26H23N5O4S/c1-15(17-5-4-6-19(9-17)34-13-25-31-22(12-35-25)26(32)33-3)28-24-11-21(29-16(2)30-24)18-7-8-20-23(10-18)36-14-27-20/h4-12,14-15H,13H2,1-3H3,(H,28,29,30). The number of esters is 1. The van der Waals surface area contributed by atoms with Gasteiger partial charge in [0.25, 0.3) is 0 Å². The van der Waals surface area contributed by atoms with E-state index < -0.39 is 5.97 Å². The minimum Gasteiger partial charge on any atom is -0.484 e.